The van der Waals surface area contributed by atoms with Crippen molar-refractivity contribution in [3.63, 3.8) is 0 Å². The first-order chi connectivity index (χ1) is 12.9. The molecule has 0 unspecified atom stereocenters. The minimum Gasteiger partial charge on any atom is -0.468 e. The van der Waals surface area contributed by atoms with E-state index in [-0.39, 0.29) is 35.5 Å². The normalized spacial score (nSPS) is 11.1. The maximum atomic E-state index is 12.4. The number of carbonyl (C=O) groups is 2. The van der Waals surface area contributed by atoms with E-state index in [4.69, 9.17) is 4.42 Å². The van der Waals surface area contributed by atoms with E-state index in [1.54, 1.807) is 24.3 Å². The highest BCUT2D eigenvalue weighted by Crippen LogP contribution is 2.16. The molecule has 2 aromatic rings. The Hall–Kier alpha value is -2.30. The van der Waals surface area contributed by atoms with Gasteiger partial charge in [-0.15, -0.1) is 11.8 Å². The third kappa shape index (κ3) is 7.08. The number of rotatable bonds is 10. The largest absolute Gasteiger partial charge is 0.468 e. The number of hydrogen-bond donors (Lipinski definition) is 2. The van der Waals surface area contributed by atoms with Crippen molar-refractivity contribution >= 4 is 39.3 Å². The molecule has 0 saturated heterocycles. The highest BCUT2D eigenvalue weighted by molar-refractivity contribution is 7.99. The molecule has 2 rings (SSSR count). The molecule has 0 spiro atoms. The molecule has 1 aromatic carbocycles. The summed E-state index contributed by atoms with van der Waals surface area (Å²) < 4.78 is 36.8. The molecule has 0 aliphatic heterocycles. The van der Waals surface area contributed by atoms with Crippen LogP contribution in [0.4, 0.5) is 5.69 Å². The zero-order chi connectivity index (χ0) is 19.7. The van der Waals surface area contributed by atoms with E-state index in [0.29, 0.717) is 17.2 Å². The van der Waals surface area contributed by atoms with Crippen LogP contribution in [0.2, 0.25) is 0 Å². The first-order valence-corrected chi connectivity index (χ1v) is 10.6. The van der Waals surface area contributed by atoms with Crippen molar-refractivity contribution in [3.05, 3.63) is 48.4 Å². The second-order valence-corrected chi connectivity index (χ2v) is 8.23. The summed E-state index contributed by atoms with van der Waals surface area (Å²) in [5.74, 6) is 0.501. The Bertz CT molecular complexity index is 865. The highest BCUT2D eigenvalue weighted by atomic mass is 32.2. The van der Waals surface area contributed by atoms with Gasteiger partial charge >= 0.3 is 5.97 Å². The zero-order valence-electron chi connectivity index (χ0n) is 14.6. The molecule has 27 heavy (non-hydrogen) atoms. The monoisotopic (exact) mass is 412 g/mol. The summed E-state index contributed by atoms with van der Waals surface area (Å²) in [4.78, 5) is 23.0. The molecule has 1 heterocycles. The Morgan fingerprint density at radius 3 is 2.74 bits per heavy atom. The lowest BCUT2D eigenvalue weighted by molar-refractivity contribution is -0.137. The number of methoxy groups -OCH3 is 1. The van der Waals surface area contributed by atoms with Gasteiger partial charge in [-0.25, -0.2) is 13.1 Å². The molecule has 0 bridgehead atoms. The van der Waals surface area contributed by atoms with Crippen molar-refractivity contribution in [2.24, 2.45) is 0 Å². The van der Waals surface area contributed by atoms with Gasteiger partial charge in [-0.1, -0.05) is 6.07 Å². The molecule has 8 nitrogen and oxygen atoms in total. The number of carbonyl (C=O) groups excluding carboxylic acids is 2. The van der Waals surface area contributed by atoms with Gasteiger partial charge in [0.05, 0.1) is 30.6 Å². The minimum atomic E-state index is -3.74. The van der Waals surface area contributed by atoms with Crippen LogP contribution in [0.15, 0.2) is 52.0 Å². The number of esters is 1. The van der Waals surface area contributed by atoms with Crippen LogP contribution in [0, 0.1) is 0 Å². The van der Waals surface area contributed by atoms with Gasteiger partial charge < -0.3 is 14.5 Å². The minimum absolute atomic E-state index is 0.0311. The maximum Gasteiger partial charge on any atom is 0.315 e. The number of amides is 1. The van der Waals surface area contributed by atoms with Gasteiger partial charge in [0, 0.05) is 17.9 Å². The van der Waals surface area contributed by atoms with Gasteiger partial charge in [-0.3, -0.25) is 9.59 Å². The van der Waals surface area contributed by atoms with Crippen molar-refractivity contribution in [1.82, 2.24) is 4.72 Å². The van der Waals surface area contributed by atoms with Gasteiger partial charge in [0.25, 0.3) is 0 Å². The number of ether oxygens (including phenoxy) is 1. The number of nitrogens with one attached hydrogen (secondary N) is 2. The number of anilines is 1. The van der Waals surface area contributed by atoms with Gasteiger partial charge in [-0.2, -0.15) is 0 Å². The number of thioether (sulfide) groups is 1. The fraction of sp³-hybridized carbons (Fsp3) is 0.294. The fourth-order valence-corrected chi connectivity index (χ4v) is 3.80. The lowest BCUT2D eigenvalue weighted by Crippen LogP contribution is -2.23. The molecule has 0 atom stereocenters. The van der Waals surface area contributed by atoms with Crippen LogP contribution < -0.4 is 10.0 Å². The van der Waals surface area contributed by atoms with Crippen LogP contribution in [0.5, 0.6) is 0 Å². The predicted octanol–water partition coefficient (Wildman–Crippen LogP) is 1.99. The zero-order valence-corrected chi connectivity index (χ0v) is 16.3. The average Bonchev–Trinajstić information content (AvgIpc) is 3.17. The molecule has 0 radical (unpaired) electrons. The molecular formula is C17H20N2O6S2. The van der Waals surface area contributed by atoms with E-state index in [1.165, 1.54) is 37.3 Å². The van der Waals surface area contributed by atoms with Gasteiger partial charge in [0.15, 0.2) is 0 Å². The Balaban J connectivity index is 1.88. The number of furan rings is 1. The molecule has 1 amide bonds. The predicted molar refractivity (Wildman–Crippen MR) is 102 cm³/mol. The summed E-state index contributed by atoms with van der Waals surface area (Å²) in [6.45, 7) is 0.0311. The Morgan fingerprint density at radius 2 is 2.04 bits per heavy atom. The van der Waals surface area contributed by atoms with Crippen molar-refractivity contribution in [3.8, 4) is 0 Å². The fourth-order valence-electron chi connectivity index (χ4n) is 2.01. The van der Waals surface area contributed by atoms with E-state index in [9.17, 15) is 18.0 Å². The second kappa shape index (κ2) is 10.1. The first-order valence-electron chi connectivity index (χ1n) is 7.97. The summed E-state index contributed by atoms with van der Waals surface area (Å²) in [7, 11) is -2.44. The van der Waals surface area contributed by atoms with Crippen LogP contribution in [0.3, 0.4) is 0 Å². The quantitative estimate of drug-likeness (QED) is 0.453. The lowest BCUT2D eigenvalue weighted by Gasteiger charge is -2.09. The average molecular weight is 412 g/mol. The lowest BCUT2D eigenvalue weighted by atomic mass is 10.3. The molecular weight excluding hydrogens is 392 g/mol. The van der Waals surface area contributed by atoms with E-state index in [2.05, 4.69) is 14.8 Å². The number of benzene rings is 1. The number of sulfonamides is 1. The van der Waals surface area contributed by atoms with E-state index in [1.807, 2.05) is 0 Å². The van der Waals surface area contributed by atoms with Gasteiger partial charge in [0.2, 0.25) is 15.9 Å². The summed E-state index contributed by atoms with van der Waals surface area (Å²) in [5.41, 5.74) is 0.374. The smallest absolute Gasteiger partial charge is 0.315 e. The van der Waals surface area contributed by atoms with Crippen LogP contribution in [0.25, 0.3) is 0 Å². The molecule has 0 aliphatic rings. The standard InChI is InChI=1S/C17H20N2O6S2/c1-24-17(21)12-26-9-7-16(20)19-13-4-2-6-15(10-13)27(22,23)18-11-14-5-3-8-25-14/h2-6,8,10,18H,7,9,11-12H2,1H3,(H,19,20). The Labute approximate surface area is 161 Å². The second-order valence-electron chi connectivity index (χ2n) is 5.36. The molecule has 10 heteroatoms. The first kappa shape index (κ1) is 21.0. The van der Waals surface area contributed by atoms with E-state index in [0.717, 1.165) is 0 Å². The summed E-state index contributed by atoms with van der Waals surface area (Å²) in [5, 5.41) is 2.65. The Kier molecular flexibility index (Phi) is 7.89. The molecule has 0 saturated carbocycles. The SMILES string of the molecule is COC(=O)CSCCC(=O)Nc1cccc(S(=O)(=O)NCc2ccco2)c1. The third-order valence-electron chi connectivity index (χ3n) is 3.37. The maximum absolute atomic E-state index is 12.4. The molecule has 146 valence electrons. The van der Waals surface area contributed by atoms with E-state index >= 15 is 0 Å². The molecule has 0 aliphatic carbocycles. The van der Waals surface area contributed by atoms with Crippen LogP contribution in [0.1, 0.15) is 12.2 Å². The van der Waals surface area contributed by atoms with Crippen molar-refractivity contribution in [2.75, 3.05) is 23.9 Å². The summed E-state index contributed by atoms with van der Waals surface area (Å²) in [6, 6.07) is 9.30. The van der Waals surface area contributed by atoms with Crippen molar-refractivity contribution in [2.45, 2.75) is 17.9 Å². The third-order valence-corrected chi connectivity index (χ3v) is 5.70. The van der Waals surface area contributed by atoms with E-state index < -0.39 is 10.0 Å². The summed E-state index contributed by atoms with van der Waals surface area (Å²) >= 11 is 1.29. The van der Waals surface area contributed by atoms with Gasteiger partial charge in [0.1, 0.15) is 5.76 Å². The van der Waals surface area contributed by atoms with Crippen LogP contribution in [-0.4, -0.2) is 38.9 Å². The van der Waals surface area contributed by atoms with Crippen molar-refractivity contribution in [1.29, 1.82) is 0 Å². The molecule has 0 fully saturated rings. The molecule has 2 N–H and O–H groups in total. The molecule has 1 aromatic heterocycles. The highest BCUT2D eigenvalue weighted by Gasteiger charge is 2.15. The number of hydrogen-bond acceptors (Lipinski definition) is 7. The van der Waals surface area contributed by atoms with Crippen LogP contribution >= 0.6 is 11.8 Å². The topological polar surface area (TPSA) is 115 Å². The Morgan fingerprint density at radius 1 is 1.22 bits per heavy atom. The van der Waals surface area contributed by atoms with Gasteiger partial charge in [-0.05, 0) is 30.3 Å². The van der Waals surface area contributed by atoms with Crippen molar-refractivity contribution < 1.29 is 27.2 Å². The van der Waals surface area contributed by atoms with Crippen LogP contribution in [-0.2, 0) is 30.9 Å². The summed E-state index contributed by atoms with van der Waals surface area (Å²) in [6.07, 6.45) is 1.65.